The van der Waals surface area contributed by atoms with Crippen LogP contribution in [0.4, 0.5) is 0 Å². The van der Waals surface area contributed by atoms with Crippen LogP contribution in [0, 0.1) is 11.3 Å². The maximum absolute atomic E-state index is 12.4. The molecule has 2 aromatic carbocycles. The number of rotatable bonds is 8. The van der Waals surface area contributed by atoms with Gasteiger partial charge in [-0.2, -0.15) is 5.26 Å². The van der Waals surface area contributed by atoms with Gasteiger partial charge in [-0.25, -0.2) is 12.7 Å². The van der Waals surface area contributed by atoms with Gasteiger partial charge in [0.25, 0.3) is 0 Å². The van der Waals surface area contributed by atoms with Gasteiger partial charge in [0.05, 0.1) is 23.1 Å². The zero-order valence-electron chi connectivity index (χ0n) is 16.2. The Hall–Kier alpha value is -2.73. The van der Waals surface area contributed by atoms with Crippen molar-refractivity contribution in [3.63, 3.8) is 0 Å². The lowest BCUT2D eigenvalue weighted by Gasteiger charge is -2.18. The van der Waals surface area contributed by atoms with Crippen LogP contribution in [0.25, 0.3) is 0 Å². The van der Waals surface area contributed by atoms with Gasteiger partial charge in [0.1, 0.15) is 0 Å². The normalized spacial score (nSPS) is 11.4. The Kier molecular flexibility index (Phi) is 7.29. The number of amides is 1. The summed E-state index contributed by atoms with van der Waals surface area (Å²) in [6.07, 6.45) is 0. The van der Waals surface area contributed by atoms with Gasteiger partial charge in [0, 0.05) is 27.2 Å². The van der Waals surface area contributed by atoms with Gasteiger partial charge in [0.2, 0.25) is 15.9 Å². The van der Waals surface area contributed by atoms with Crippen LogP contribution in [0.1, 0.15) is 16.7 Å². The van der Waals surface area contributed by atoms with Crippen LogP contribution in [-0.2, 0) is 27.9 Å². The number of sulfonamides is 1. The number of hydrogen-bond donors (Lipinski definition) is 1. The number of carbonyl (C=O) groups excluding carboxylic acids is 1. The van der Waals surface area contributed by atoms with Crippen LogP contribution >= 0.6 is 0 Å². The number of nitrogens with one attached hydrogen (secondary N) is 1. The highest BCUT2D eigenvalue weighted by Crippen LogP contribution is 2.18. The fraction of sp³-hybridized carbons (Fsp3) is 0.300. The monoisotopic (exact) mass is 400 g/mol. The summed E-state index contributed by atoms with van der Waals surface area (Å²) >= 11 is 0. The van der Waals surface area contributed by atoms with Crippen molar-refractivity contribution >= 4 is 15.9 Å². The Morgan fingerprint density at radius 1 is 1.07 bits per heavy atom. The number of nitriles is 1. The van der Waals surface area contributed by atoms with Gasteiger partial charge in [-0.05, 0) is 36.4 Å². The van der Waals surface area contributed by atoms with Crippen molar-refractivity contribution in [1.29, 1.82) is 5.26 Å². The van der Waals surface area contributed by atoms with E-state index in [2.05, 4.69) is 11.4 Å². The van der Waals surface area contributed by atoms with E-state index in [1.807, 2.05) is 24.1 Å². The molecule has 1 amide bonds. The number of nitrogens with zero attached hydrogens (tertiary/aromatic N) is 3. The lowest BCUT2D eigenvalue weighted by Crippen LogP contribution is -2.35. The fourth-order valence-electron chi connectivity index (χ4n) is 2.65. The summed E-state index contributed by atoms with van der Waals surface area (Å²) in [6, 6.07) is 15.9. The van der Waals surface area contributed by atoms with Crippen LogP contribution < -0.4 is 5.32 Å². The molecule has 0 spiro atoms. The Morgan fingerprint density at radius 3 is 2.32 bits per heavy atom. The summed E-state index contributed by atoms with van der Waals surface area (Å²) in [4.78, 5) is 14.3. The van der Waals surface area contributed by atoms with E-state index in [4.69, 9.17) is 5.26 Å². The molecule has 0 atom stereocenters. The quantitative estimate of drug-likeness (QED) is 0.726. The van der Waals surface area contributed by atoms with E-state index < -0.39 is 10.0 Å². The molecule has 2 aromatic rings. The first-order valence-corrected chi connectivity index (χ1v) is 10.1. The molecule has 2 rings (SSSR count). The van der Waals surface area contributed by atoms with Crippen LogP contribution in [-0.4, -0.2) is 51.2 Å². The summed E-state index contributed by atoms with van der Waals surface area (Å²) in [6.45, 7) is 0.861. The van der Waals surface area contributed by atoms with Crippen LogP contribution in [0.2, 0.25) is 0 Å². The Bertz CT molecular complexity index is 964. The Morgan fingerprint density at radius 2 is 1.71 bits per heavy atom. The minimum atomic E-state index is -3.58. The molecule has 0 aromatic heterocycles. The highest BCUT2D eigenvalue weighted by molar-refractivity contribution is 7.89. The Labute approximate surface area is 166 Å². The molecule has 0 bridgehead atoms. The maximum atomic E-state index is 12.4. The summed E-state index contributed by atoms with van der Waals surface area (Å²) in [5.41, 5.74) is 2.13. The van der Waals surface area contributed by atoms with E-state index in [1.165, 1.54) is 20.2 Å². The molecule has 0 unspecified atom stereocenters. The standard InChI is InChI=1S/C20H24N4O3S/c1-23(2)28(26,27)19-7-5-4-6-18(19)13-22-20(25)15-24(3)14-17-10-8-16(12-21)9-11-17/h4-11H,13-15H2,1-3H3,(H,22,25). The smallest absolute Gasteiger partial charge is 0.242 e. The van der Waals surface area contributed by atoms with Gasteiger partial charge >= 0.3 is 0 Å². The SMILES string of the molecule is CN(CC(=O)NCc1ccccc1S(=O)(=O)N(C)C)Cc1ccc(C#N)cc1. The summed E-state index contributed by atoms with van der Waals surface area (Å²) < 4.78 is 26.0. The second-order valence-corrected chi connectivity index (χ2v) is 8.77. The second-order valence-electron chi connectivity index (χ2n) is 6.65. The summed E-state index contributed by atoms with van der Waals surface area (Å²) in [7, 11) is 1.20. The van der Waals surface area contributed by atoms with Crippen LogP contribution in [0.3, 0.4) is 0 Å². The third-order valence-corrected chi connectivity index (χ3v) is 6.07. The number of hydrogen-bond acceptors (Lipinski definition) is 5. The largest absolute Gasteiger partial charge is 0.351 e. The molecule has 0 aliphatic carbocycles. The van der Waals surface area contributed by atoms with Gasteiger partial charge in [-0.15, -0.1) is 0 Å². The van der Waals surface area contributed by atoms with E-state index in [9.17, 15) is 13.2 Å². The van der Waals surface area contributed by atoms with E-state index >= 15 is 0 Å². The molecular formula is C20H24N4O3S. The molecule has 8 heteroatoms. The number of benzene rings is 2. The van der Waals surface area contributed by atoms with Gasteiger partial charge in [-0.3, -0.25) is 9.69 Å². The van der Waals surface area contributed by atoms with Crippen LogP contribution in [0.15, 0.2) is 53.4 Å². The molecule has 28 heavy (non-hydrogen) atoms. The average Bonchev–Trinajstić information content (AvgIpc) is 2.67. The topological polar surface area (TPSA) is 93.5 Å². The third-order valence-electron chi connectivity index (χ3n) is 4.16. The number of likely N-dealkylation sites (N-methyl/N-ethyl adjacent to an activating group) is 1. The molecular weight excluding hydrogens is 376 g/mol. The highest BCUT2D eigenvalue weighted by Gasteiger charge is 2.20. The lowest BCUT2D eigenvalue weighted by molar-refractivity contribution is -0.122. The summed E-state index contributed by atoms with van der Waals surface area (Å²) in [5, 5.41) is 11.6. The molecule has 0 heterocycles. The van der Waals surface area contributed by atoms with E-state index in [1.54, 1.807) is 30.3 Å². The molecule has 0 aliphatic rings. The Balaban J connectivity index is 1.95. The maximum Gasteiger partial charge on any atom is 0.242 e. The lowest BCUT2D eigenvalue weighted by atomic mass is 10.1. The van der Waals surface area contributed by atoms with Crippen molar-refractivity contribution in [3.05, 3.63) is 65.2 Å². The molecule has 148 valence electrons. The molecule has 0 aliphatic heterocycles. The van der Waals surface area contributed by atoms with Crippen molar-refractivity contribution < 1.29 is 13.2 Å². The molecule has 0 saturated heterocycles. The van der Waals surface area contributed by atoms with Crippen molar-refractivity contribution in [3.8, 4) is 6.07 Å². The van der Waals surface area contributed by atoms with Gasteiger partial charge in [-0.1, -0.05) is 30.3 Å². The van der Waals surface area contributed by atoms with Gasteiger partial charge in [0.15, 0.2) is 0 Å². The zero-order valence-corrected chi connectivity index (χ0v) is 17.0. The molecule has 0 radical (unpaired) electrons. The first kappa shape index (κ1) is 21.6. The molecule has 0 fully saturated rings. The highest BCUT2D eigenvalue weighted by atomic mass is 32.2. The minimum absolute atomic E-state index is 0.132. The number of carbonyl (C=O) groups is 1. The first-order chi connectivity index (χ1) is 13.2. The predicted molar refractivity (Wildman–Crippen MR) is 107 cm³/mol. The van der Waals surface area contributed by atoms with Crippen molar-refractivity contribution in [2.24, 2.45) is 0 Å². The second kappa shape index (κ2) is 9.46. The average molecular weight is 401 g/mol. The van der Waals surface area contributed by atoms with Crippen molar-refractivity contribution in [1.82, 2.24) is 14.5 Å². The molecule has 7 nitrogen and oxygen atoms in total. The summed E-state index contributed by atoms with van der Waals surface area (Å²) in [5.74, 6) is -0.201. The molecule has 0 saturated carbocycles. The van der Waals surface area contributed by atoms with E-state index in [0.717, 1.165) is 9.87 Å². The van der Waals surface area contributed by atoms with Crippen molar-refractivity contribution in [2.75, 3.05) is 27.7 Å². The van der Waals surface area contributed by atoms with E-state index in [0.29, 0.717) is 17.7 Å². The van der Waals surface area contributed by atoms with E-state index in [-0.39, 0.29) is 23.9 Å². The molecule has 1 N–H and O–H groups in total. The van der Waals surface area contributed by atoms with Crippen molar-refractivity contribution in [2.45, 2.75) is 18.0 Å². The van der Waals surface area contributed by atoms with Crippen LogP contribution in [0.5, 0.6) is 0 Å². The predicted octanol–water partition coefficient (Wildman–Crippen LogP) is 1.56. The third kappa shape index (κ3) is 5.63. The zero-order chi connectivity index (χ0) is 20.7. The first-order valence-electron chi connectivity index (χ1n) is 8.68. The fourth-order valence-corrected chi connectivity index (χ4v) is 3.76. The minimum Gasteiger partial charge on any atom is -0.351 e. The van der Waals surface area contributed by atoms with Gasteiger partial charge < -0.3 is 5.32 Å².